The van der Waals surface area contributed by atoms with Crippen LogP contribution in [0.15, 0.2) is 24.3 Å². The van der Waals surface area contributed by atoms with Crippen LogP contribution in [0, 0.1) is 5.82 Å². The van der Waals surface area contributed by atoms with E-state index in [1.165, 1.54) is 18.2 Å². The molecule has 0 aliphatic heterocycles. The van der Waals surface area contributed by atoms with Crippen molar-refractivity contribution in [2.75, 3.05) is 6.61 Å². The van der Waals surface area contributed by atoms with Crippen molar-refractivity contribution in [1.29, 1.82) is 0 Å². The second kappa shape index (κ2) is 4.87. The Balaban J connectivity index is 2.33. The van der Waals surface area contributed by atoms with Crippen LogP contribution in [0.1, 0.15) is 17.4 Å². The van der Waals surface area contributed by atoms with Gasteiger partial charge in [0, 0.05) is 5.56 Å². The number of H-pyrrole nitrogens is 1. The summed E-state index contributed by atoms with van der Waals surface area (Å²) in [5.74, 6) is -1.45. The lowest BCUT2D eigenvalue weighted by atomic mass is 10.1. The van der Waals surface area contributed by atoms with Gasteiger partial charge in [0.25, 0.3) is 0 Å². The fourth-order valence-electron chi connectivity index (χ4n) is 1.51. The number of carbonyl (C=O) groups is 1. The first-order valence-electron chi connectivity index (χ1n) is 5.33. The number of nitrogens with one attached hydrogen (secondary N) is 1. The third kappa shape index (κ3) is 2.32. The lowest BCUT2D eigenvalue weighted by molar-refractivity contribution is 0.0690. The normalized spacial score (nSPS) is 10.3. The third-order valence-electron chi connectivity index (χ3n) is 2.34. The fraction of sp³-hybridized carbons (Fsp3) is 0.167. The van der Waals surface area contributed by atoms with Crippen LogP contribution in [-0.4, -0.2) is 27.9 Å². The Hall–Kier alpha value is -2.37. The number of aromatic carboxylic acids is 1. The van der Waals surface area contributed by atoms with Crippen LogP contribution in [0.4, 0.5) is 4.39 Å². The van der Waals surface area contributed by atoms with Gasteiger partial charge in [-0.2, -0.15) is 5.10 Å². The molecule has 1 aromatic heterocycles. The molecule has 0 aliphatic rings. The first-order chi connectivity index (χ1) is 8.61. The van der Waals surface area contributed by atoms with Crippen molar-refractivity contribution in [3.63, 3.8) is 0 Å². The summed E-state index contributed by atoms with van der Waals surface area (Å²) in [5, 5.41) is 14.9. The van der Waals surface area contributed by atoms with Gasteiger partial charge in [-0.3, -0.25) is 5.10 Å². The number of hydrogen-bond donors (Lipinski definition) is 2. The standard InChI is InChI=1S/C12H11FN2O3/c1-2-18-11-4-3-7(5-8(11)13)9-6-10(12(16)17)15-14-9/h3-6H,2H2,1H3,(H,14,15)(H,16,17). The lowest BCUT2D eigenvalue weighted by Crippen LogP contribution is -1.95. The molecule has 5 nitrogen and oxygen atoms in total. The summed E-state index contributed by atoms with van der Waals surface area (Å²) in [6.45, 7) is 2.14. The van der Waals surface area contributed by atoms with E-state index in [1.807, 2.05) is 0 Å². The number of nitrogens with zero attached hydrogens (tertiary/aromatic N) is 1. The molecule has 0 aliphatic carbocycles. The summed E-state index contributed by atoms with van der Waals surface area (Å²) in [7, 11) is 0. The predicted molar refractivity (Wildman–Crippen MR) is 62.1 cm³/mol. The maximum atomic E-state index is 13.6. The summed E-state index contributed by atoms with van der Waals surface area (Å²) in [4.78, 5) is 10.7. The van der Waals surface area contributed by atoms with Gasteiger partial charge in [-0.15, -0.1) is 0 Å². The van der Waals surface area contributed by atoms with Crippen LogP contribution in [0.2, 0.25) is 0 Å². The number of benzene rings is 1. The highest BCUT2D eigenvalue weighted by Crippen LogP contribution is 2.24. The van der Waals surface area contributed by atoms with E-state index in [0.29, 0.717) is 17.9 Å². The molecule has 1 heterocycles. The van der Waals surface area contributed by atoms with E-state index in [1.54, 1.807) is 13.0 Å². The maximum absolute atomic E-state index is 13.6. The minimum atomic E-state index is -1.11. The highest BCUT2D eigenvalue weighted by Gasteiger charge is 2.11. The maximum Gasteiger partial charge on any atom is 0.353 e. The van der Waals surface area contributed by atoms with E-state index < -0.39 is 11.8 Å². The first-order valence-corrected chi connectivity index (χ1v) is 5.33. The van der Waals surface area contributed by atoms with Crippen molar-refractivity contribution in [2.45, 2.75) is 6.92 Å². The third-order valence-corrected chi connectivity index (χ3v) is 2.34. The average molecular weight is 250 g/mol. The van der Waals surface area contributed by atoms with Gasteiger partial charge in [0.05, 0.1) is 12.3 Å². The van der Waals surface area contributed by atoms with E-state index in [4.69, 9.17) is 9.84 Å². The predicted octanol–water partition coefficient (Wildman–Crippen LogP) is 2.31. The van der Waals surface area contributed by atoms with Crippen molar-refractivity contribution in [3.05, 3.63) is 35.8 Å². The zero-order valence-electron chi connectivity index (χ0n) is 9.61. The molecule has 0 radical (unpaired) electrons. The molecule has 0 spiro atoms. The Morgan fingerprint density at radius 2 is 2.28 bits per heavy atom. The molecule has 6 heteroatoms. The lowest BCUT2D eigenvalue weighted by Gasteiger charge is -2.05. The number of hydrogen-bond acceptors (Lipinski definition) is 3. The van der Waals surface area contributed by atoms with Crippen LogP contribution in [0.5, 0.6) is 5.75 Å². The summed E-state index contributed by atoms with van der Waals surface area (Å²) in [5.41, 5.74) is 0.813. The number of carboxylic acid groups (broad SMARTS) is 1. The zero-order chi connectivity index (χ0) is 13.1. The minimum absolute atomic E-state index is 0.0423. The molecule has 2 N–H and O–H groups in total. The molecule has 0 atom stereocenters. The molecule has 94 valence electrons. The van der Waals surface area contributed by atoms with Gasteiger partial charge >= 0.3 is 5.97 Å². The van der Waals surface area contributed by atoms with Crippen molar-refractivity contribution in [1.82, 2.24) is 10.2 Å². The van der Waals surface area contributed by atoms with Crippen molar-refractivity contribution < 1.29 is 19.0 Å². The second-order valence-electron chi connectivity index (χ2n) is 3.55. The van der Waals surface area contributed by atoms with Crippen LogP contribution in [0.25, 0.3) is 11.3 Å². The van der Waals surface area contributed by atoms with Crippen LogP contribution in [0.3, 0.4) is 0 Å². The summed E-state index contributed by atoms with van der Waals surface area (Å²) in [6, 6.07) is 5.71. The van der Waals surface area contributed by atoms with E-state index in [9.17, 15) is 9.18 Å². The number of aromatic amines is 1. The minimum Gasteiger partial charge on any atom is -0.491 e. The van der Waals surface area contributed by atoms with Crippen molar-refractivity contribution in [2.24, 2.45) is 0 Å². The summed E-state index contributed by atoms with van der Waals surface area (Å²) in [6.07, 6.45) is 0. The molecule has 2 rings (SSSR count). The summed E-state index contributed by atoms with van der Waals surface area (Å²) >= 11 is 0. The molecule has 0 saturated heterocycles. The topological polar surface area (TPSA) is 75.2 Å². The highest BCUT2D eigenvalue weighted by atomic mass is 19.1. The average Bonchev–Trinajstić information content (AvgIpc) is 2.81. The Kier molecular flexibility index (Phi) is 3.27. The number of ether oxygens (including phenoxy) is 1. The van der Waals surface area contributed by atoms with E-state index in [0.717, 1.165) is 0 Å². The van der Waals surface area contributed by atoms with Crippen LogP contribution < -0.4 is 4.74 Å². The molecule has 18 heavy (non-hydrogen) atoms. The largest absolute Gasteiger partial charge is 0.491 e. The molecule has 1 aromatic carbocycles. The van der Waals surface area contributed by atoms with E-state index in [-0.39, 0.29) is 11.4 Å². The molecular weight excluding hydrogens is 239 g/mol. The Morgan fingerprint density at radius 1 is 1.50 bits per heavy atom. The van der Waals surface area contributed by atoms with Gasteiger partial charge in [-0.05, 0) is 31.2 Å². The van der Waals surface area contributed by atoms with Crippen LogP contribution >= 0.6 is 0 Å². The monoisotopic (exact) mass is 250 g/mol. The quantitative estimate of drug-likeness (QED) is 0.873. The number of carboxylic acids is 1. The van der Waals surface area contributed by atoms with Gasteiger partial charge in [-0.25, -0.2) is 9.18 Å². The Morgan fingerprint density at radius 3 is 2.83 bits per heavy atom. The van der Waals surface area contributed by atoms with Gasteiger partial charge < -0.3 is 9.84 Å². The SMILES string of the molecule is CCOc1ccc(-c2cc(C(=O)O)[nH]n2)cc1F. The van der Waals surface area contributed by atoms with Gasteiger partial charge in [0.15, 0.2) is 11.6 Å². The Labute approximate surface area is 102 Å². The van der Waals surface area contributed by atoms with Crippen molar-refractivity contribution >= 4 is 5.97 Å². The molecule has 0 unspecified atom stereocenters. The number of halogens is 1. The molecule has 0 fully saturated rings. The Bertz CT molecular complexity index is 580. The van der Waals surface area contributed by atoms with Gasteiger partial charge in [0.1, 0.15) is 5.69 Å². The van der Waals surface area contributed by atoms with Crippen molar-refractivity contribution in [3.8, 4) is 17.0 Å². The smallest absolute Gasteiger partial charge is 0.353 e. The van der Waals surface area contributed by atoms with E-state index >= 15 is 0 Å². The molecule has 0 bridgehead atoms. The number of rotatable bonds is 4. The van der Waals surface area contributed by atoms with Crippen LogP contribution in [-0.2, 0) is 0 Å². The summed E-state index contributed by atoms with van der Waals surface area (Å²) < 4.78 is 18.7. The fourth-order valence-corrected chi connectivity index (χ4v) is 1.51. The van der Waals surface area contributed by atoms with Gasteiger partial charge in [-0.1, -0.05) is 0 Å². The highest BCUT2D eigenvalue weighted by molar-refractivity contribution is 5.86. The molecule has 0 amide bonds. The second-order valence-corrected chi connectivity index (χ2v) is 3.55. The number of aromatic nitrogens is 2. The first kappa shape index (κ1) is 12.1. The van der Waals surface area contributed by atoms with Gasteiger partial charge in [0.2, 0.25) is 0 Å². The molecule has 0 saturated carbocycles. The van der Waals surface area contributed by atoms with E-state index in [2.05, 4.69) is 10.2 Å². The molecular formula is C12H11FN2O3. The molecule has 2 aromatic rings. The zero-order valence-corrected chi connectivity index (χ0v) is 9.61.